The first-order chi connectivity index (χ1) is 27.3. The van der Waals surface area contributed by atoms with Crippen LogP contribution in [-0.2, 0) is 41.6 Å². The molecule has 0 spiro atoms. The van der Waals surface area contributed by atoms with Crippen LogP contribution in [0.1, 0.15) is 75.3 Å². The molecular weight excluding hydrogens is 727 g/mol. The van der Waals surface area contributed by atoms with Gasteiger partial charge in [-0.25, -0.2) is 4.79 Å². The molecule has 6 atom stereocenters. The van der Waals surface area contributed by atoms with E-state index in [9.17, 15) is 24.0 Å². The molecule has 0 unspecified atom stereocenters. The molecule has 3 saturated heterocycles. The number of thioether (sulfide) groups is 1. The van der Waals surface area contributed by atoms with Crippen LogP contribution in [0.25, 0.3) is 0 Å². The zero-order valence-corrected chi connectivity index (χ0v) is 33.4. The largest absolute Gasteiger partial charge is 0.495 e. The number of amides is 3. The smallest absolute Gasteiger partial charge is 0.328 e. The van der Waals surface area contributed by atoms with Crippen molar-refractivity contribution in [3.05, 3.63) is 96.1 Å². The monoisotopic (exact) mass is 781 g/mol. The zero-order chi connectivity index (χ0) is 39.4. The van der Waals surface area contributed by atoms with Gasteiger partial charge in [0.15, 0.2) is 0 Å². The van der Waals surface area contributed by atoms with Crippen molar-refractivity contribution in [2.45, 2.75) is 94.5 Å². The molecule has 3 fully saturated rings. The van der Waals surface area contributed by atoms with Crippen LogP contribution in [0.5, 0.6) is 5.75 Å². The van der Waals surface area contributed by atoms with Crippen molar-refractivity contribution < 1.29 is 33.4 Å². The fourth-order valence-corrected chi connectivity index (χ4v) is 9.94. The molecule has 3 aliphatic rings. The van der Waals surface area contributed by atoms with Crippen LogP contribution in [-0.4, -0.2) is 78.3 Å². The average Bonchev–Trinajstić information content (AvgIpc) is 3.51. The number of nitrogens with one attached hydrogen (secondary N) is 1. The van der Waals surface area contributed by atoms with E-state index >= 15 is 0 Å². The number of ether oxygens (including phenoxy) is 2. The second-order valence-corrected chi connectivity index (χ2v) is 16.6. The third kappa shape index (κ3) is 10.2. The summed E-state index contributed by atoms with van der Waals surface area (Å²) in [6.45, 7) is 0.567. The van der Waals surface area contributed by atoms with Gasteiger partial charge in [0.25, 0.3) is 0 Å². The van der Waals surface area contributed by atoms with E-state index < -0.39 is 35.8 Å². The van der Waals surface area contributed by atoms with Crippen LogP contribution < -0.4 is 15.0 Å². The molecule has 3 aliphatic heterocycles. The molecule has 3 amide bonds. The molecule has 0 saturated carbocycles. The summed E-state index contributed by atoms with van der Waals surface area (Å²) in [5.74, 6) is -1.02. The number of rotatable bonds is 15. The van der Waals surface area contributed by atoms with Gasteiger partial charge in [-0.2, -0.15) is 0 Å². The molecule has 56 heavy (non-hydrogen) atoms. The molecule has 0 aromatic heterocycles. The third-order valence-electron chi connectivity index (χ3n) is 11.6. The van der Waals surface area contributed by atoms with Crippen LogP contribution >= 0.6 is 11.8 Å². The fourth-order valence-electron chi connectivity index (χ4n) is 8.55. The molecule has 3 aromatic carbocycles. The van der Waals surface area contributed by atoms with Crippen LogP contribution in [0.4, 0.5) is 5.69 Å². The fraction of sp³-hybridized carbons (Fsp3) is 0.489. The number of para-hydroxylation sites is 2. The predicted octanol–water partition coefficient (Wildman–Crippen LogP) is 6.79. The third-order valence-corrected chi connectivity index (χ3v) is 12.9. The summed E-state index contributed by atoms with van der Waals surface area (Å²) >= 11 is 1.65. The number of piperidine rings is 1. The summed E-state index contributed by atoms with van der Waals surface area (Å²) in [6.07, 6.45) is 6.88. The van der Waals surface area contributed by atoms with Crippen LogP contribution in [0, 0.1) is 17.8 Å². The number of anilines is 1. The van der Waals surface area contributed by atoms with Crippen molar-refractivity contribution in [3.8, 4) is 5.75 Å². The summed E-state index contributed by atoms with van der Waals surface area (Å²) in [4.78, 5) is 73.2. The van der Waals surface area contributed by atoms with Gasteiger partial charge < -0.3 is 24.6 Å². The van der Waals surface area contributed by atoms with Crippen LogP contribution in [0.15, 0.2) is 84.9 Å². The van der Waals surface area contributed by atoms with E-state index in [1.165, 1.54) is 7.11 Å². The summed E-state index contributed by atoms with van der Waals surface area (Å²) in [7, 11) is 2.94. The number of hydrogen-bond acceptors (Lipinski definition) is 8. The van der Waals surface area contributed by atoms with E-state index in [0.717, 1.165) is 42.5 Å². The standard InChI is InChI=1S/C45H55N3O7S/c1-54-40-21-10-9-19-37(40)47-26-12-11-18-35(43(47)51)30-39(49)33(28-31-14-5-3-6-15-31)23-24-34(29-32-16-7-4-8-17-32)42(50)46-36-25-27-56-41-22-13-20-38(45(53)55-2)48(41)44(36)52/h3-10,14-17,19,21,33-36,38,41H,11-13,18,20,22-30H2,1-2H3,(H,46,50)/t33-,34-,35-,36+,38+,41+/m1/s1. The van der Waals surface area contributed by atoms with E-state index in [1.54, 1.807) is 28.7 Å². The van der Waals surface area contributed by atoms with E-state index in [-0.39, 0.29) is 35.3 Å². The summed E-state index contributed by atoms with van der Waals surface area (Å²) in [6, 6.07) is 25.8. The van der Waals surface area contributed by atoms with Crippen LogP contribution in [0.2, 0.25) is 0 Å². The van der Waals surface area contributed by atoms with Crippen molar-refractivity contribution in [2.24, 2.45) is 17.8 Å². The number of fused-ring (bicyclic) bond motifs is 1. The number of methoxy groups -OCH3 is 2. The van der Waals surface area contributed by atoms with Gasteiger partial charge in [0.2, 0.25) is 17.7 Å². The Hall–Kier alpha value is -4.64. The molecular formula is C45H55N3O7S. The highest BCUT2D eigenvalue weighted by Gasteiger charge is 2.44. The van der Waals surface area contributed by atoms with Crippen molar-refractivity contribution in [1.82, 2.24) is 10.2 Å². The molecule has 0 radical (unpaired) electrons. The van der Waals surface area contributed by atoms with Gasteiger partial charge in [-0.1, -0.05) is 79.2 Å². The summed E-state index contributed by atoms with van der Waals surface area (Å²) in [5.41, 5.74) is 2.73. The number of carbonyl (C=O) groups excluding carboxylic acids is 5. The summed E-state index contributed by atoms with van der Waals surface area (Å²) in [5, 5.41) is 2.98. The highest BCUT2D eigenvalue weighted by Crippen LogP contribution is 2.36. The van der Waals surface area contributed by atoms with E-state index in [4.69, 9.17) is 9.47 Å². The maximum Gasteiger partial charge on any atom is 0.328 e. The minimum absolute atomic E-state index is 0.0221. The first kappa shape index (κ1) is 41.0. The Labute approximate surface area is 335 Å². The first-order valence-corrected chi connectivity index (χ1v) is 21.2. The van der Waals surface area contributed by atoms with Gasteiger partial charge in [-0.05, 0) is 93.2 Å². The maximum atomic E-state index is 14.4. The lowest BCUT2D eigenvalue weighted by Gasteiger charge is -2.40. The molecule has 1 N–H and O–H groups in total. The van der Waals surface area contributed by atoms with Crippen molar-refractivity contribution in [2.75, 3.05) is 31.4 Å². The number of esters is 1. The second kappa shape index (κ2) is 20.0. The lowest BCUT2D eigenvalue weighted by atomic mass is 9.82. The molecule has 0 aliphatic carbocycles. The van der Waals surface area contributed by atoms with Gasteiger partial charge in [0.05, 0.1) is 25.3 Å². The molecule has 0 bridgehead atoms. The Balaban J connectivity index is 1.20. The summed E-state index contributed by atoms with van der Waals surface area (Å²) < 4.78 is 10.7. The number of Topliss-reactive ketones (excluding diaryl/α,β-unsaturated/α-hetero) is 1. The van der Waals surface area contributed by atoms with Crippen molar-refractivity contribution in [1.29, 1.82) is 0 Å². The van der Waals surface area contributed by atoms with E-state index in [1.807, 2.05) is 84.9 Å². The second-order valence-electron chi connectivity index (χ2n) is 15.3. The molecule has 3 aromatic rings. The topological polar surface area (TPSA) is 122 Å². The highest BCUT2D eigenvalue weighted by atomic mass is 32.2. The Morgan fingerprint density at radius 3 is 2.12 bits per heavy atom. The molecule has 6 rings (SSSR count). The van der Waals surface area contributed by atoms with Gasteiger partial charge in [0.1, 0.15) is 23.6 Å². The minimum atomic E-state index is -0.766. The Bertz CT molecular complexity index is 1810. The predicted molar refractivity (Wildman–Crippen MR) is 218 cm³/mol. The van der Waals surface area contributed by atoms with Gasteiger partial charge in [-0.15, -0.1) is 11.8 Å². The maximum absolute atomic E-state index is 14.4. The van der Waals surface area contributed by atoms with Gasteiger partial charge in [-0.3, -0.25) is 19.2 Å². The minimum Gasteiger partial charge on any atom is -0.495 e. The number of ketones is 1. The van der Waals surface area contributed by atoms with E-state index in [2.05, 4.69) is 5.32 Å². The molecule has 10 nitrogen and oxygen atoms in total. The molecule has 3 heterocycles. The number of carbonyl (C=O) groups is 5. The van der Waals surface area contributed by atoms with Crippen molar-refractivity contribution >= 4 is 46.9 Å². The lowest BCUT2D eigenvalue weighted by Crippen LogP contribution is -2.57. The lowest BCUT2D eigenvalue weighted by molar-refractivity contribution is -0.156. The zero-order valence-electron chi connectivity index (χ0n) is 32.6. The first-order valence-electron chi connectivity index (χ1n) is 20.1. The van der Waals surface area contributed by atoms with Crippen molar-refractivity contribution in [3.63, 3.8) is 0 Å². The normalized spacial score (nSPS) is 22.5. The average molecular weight is 782 g/mol. The Kier molecular flexibility index (Phi) is 14.6. The SMILES string of the molecule is COC(=O)[C@@H]1CCC[C@@H]2SCC[C@H](NC(=O)[C@H](CC[C@H](Cc3ccccc3)C(=O)C[C@H]3CCCCN(c4ccccc4OC)C3=O)Cc3ccccc3)C(=O)N21. The van der Waals surface area contributed by atoms with Crippen LogP contribution in [0.3, 0.4) is 0 Å². The van der Waals surface area contributed by atoms with E-state index in [0.29, 0.717) is 63.0 Å². The number of hydrogen-bond donors (Lipinski definition) is 1. The highest BCUT2D eigenvalue weighted by molar-refractivity contribution is 7.99. The Morgan fingerprint density at radius 1 is 0.768 bits per heavy atom. The Morgan fingerprint density at radius 2 is 1.43 bits per heavy atom. The quantitative estimate of drug-likeness (QED) is 0.168. The number of benzene rings is 3. The number of nitrogens with zero attached hydrogens (tertiary/aromatic N) is 2. The van der Waals surface area contributed by atoms with Gasteiger partial charge >= 0.3 is 5.97 Å². The van der Waals surface area contributed by atoms with Gasteiger partial charge in [0, 0.05) is 30.7 Å². The molecule has 11 heteroatoms. The molecule has 298 valence electrons.